The van der Waals surface area contributed by atoms with Crippen LogP contribution in [-0.2, 0) is 15.8 Å². The Kier molecular flexibility index (Phi) is 4.99. The minimum atomic E-state index is -3.42. The summed E-state index contributed by atoms with van der Waals surface area (Å²) in [5, 5.41) is 0.717. The van der Waals surface area contributed by atoms with Gasteiger partial charge in [0.2, 0.25) is 10.0 Å². The zero-order chi connectivity index (χ0) is 16.3. The highest BCUT2D eigenvalue weighted by molar-refractivity contribution is 7.98. The summed E-state index contributed by atoms with van der Waals surface area (Å²) in [5.74, 6) is 0.325. The van der Waals surface area contributed by atoms with Crippen LogP contribution in [0.1, 0.15) is 18.4 Å². The van der Waals surface area contributed by atoms with E-state index in [1.165, 1.54) is 34.4 Å². The largest absolute Gasteiger partial charge is 0.249 e. The first-order valence-corrected chi connectivity index (χ1v) is 9.82. The number of benzene rings is 1. The predicted octanol–water partition coefficient (Wildman–Crippen LogP) is 3.30. The van der Waals surface area contributed by atoms with Crippen molar-refractivity contribution in [3.05, 3.63) is 54.0 Å². The zero-order valence-corrected chi connectivity index (χ0v) is 14.1. The third kappa shape index (κ3) is 3.91. The number of pyridine rings is 1. The van der Waals surface area contributed by atoms with Crippen molar-refractivity contribution in [3.63, 3.8) is 0 Å². The molecule has 1 fully saturated rings. The van der Waals surface area contributed by atoms with E-state index in [1.807, 2.05) is 6.07 Å². The third-order valence-corrected chi connectivity index (χ3v) is 6.58. The minimum absolute atomic E-state index is 0.231. The summed E-state index contributed by atoms with van der Waals surface area (Å²) in [5.41, 5.74) is 0.866. The standard InChI is InChI=1S/C16H17FN2O2S2/c17-14-5-3-4-13(10-14)12-22-16-7-6-15(11-18-16)23(20,21)19-8-1-2-9-19/h3-7,10-11H,1-2,8-9,12H2. The highest BCUT2D eigenvalue weighted by atomic mass is 32.2. The number of thioether (sulfide) groups is 1. The first-order chi connectivity index (χ1) is 11.1. The van der Waals surface area contributed by atoms with Crippen molar-refractivity contribution in [3.8, 4) is 0 Å². The number of aromatic nitrogens is 1. The van der Waals surface area contributed by atoms with E-state index in [4.69, 9.17) is 0 Å². The average Bonchev–Trinajstić information content (AvgIpc) is 3.09. The van der Waals surface area contributed by atoms with Gasteiger partial charge in [0.15, 0.2) is 0 Å². The number of nitrogens with zero attached hydrogens (tertiary/aromatic N) is 2. The molecule has 23 heavy (non-hydrogen) atoms. The molecule has 1 aromatic carbocycles. The van der Waals surface area contributed by atoms with Crippen molar-refractivity contribution >= 4 is 21.8 Å². The number of sulfonamides is 1. The smallest absolute Gasteiger partial charge is 0.244 e. The van der Waals surface area contributed by atoms with Crippen molar-refractivity contribution in [1.29, 1.82) is 0 Å². The van der Waals surface area contributed by atoms with Crippen molar-refractivity contribution in [2.24, 2.45) is 0 Å². The highest BCUT2D eigenvalue weighted by Crippen LogP contribution is 2.24. The molecule has 0 N–H and O–H groups in total. The first-order valence-electron chi connectivity index (χ1n) is 7.39. The molecule has 4 nitrogen and oxygen atoms in total. The Morgan fingerprint density at radius 2 is 1.96 bits per heavy atom. The van der Waals surface area contributed by atoms with Gasteiger partial charge in [-0.1, -0.05) is 12.1 Å². The molecule has 0 bridgehead atoms. The molecule has 0 spiro atoms. The lowest BCUT2D eigenvalue weighted by molar-refractivity contribution is 0.477. The van der Waals surface area contributed by atoms with E-state index < -0.39 is 10.0 Å². The summed E-state index contributed by atoms with van der Waals surface area (Å²) in [6, 6.07) is 9.71. The van der Waals surface area contributed by atoms with Gasteiger partial charge in [-0.3, -0.25) is 0 Å². The van der Waals surface area contributed by atoms with Crippen LogP contribution in [0.5, 0.6) is 0 Å². The molecule has 0 atom stereocenters. The van der Waals surface area contributed by atoms with Gasteiger partial charge in [0.25, 0.3) is 0 Å². The summed E-state index contributed by atoms with van der Waals surface area (Å²) in [4.78, 5) is 4.45. The summed E-state index contributed by atoms with van der Waals surface area (Å²) < 4.78 is 39.4. The highest BCUT2D eigenvalue weighted by Gasteiger charge is 2.27. The van der Waals surface area contributed by atoms with Crippen molar-refractivity contribution in [2.45, 2.75) is 28.5 Å². The van der Waals surface area contributed by atoms with E-state index in [9.17, 15) is 12.8 Å². The van der Waals surface area contributed by atoms with Crippen LogP contribution < -0.4 is 0 Å². The summed E-state index contributed by atoms with van der Waals surface area (Å²) in [7, 11) is -3.42. The Bertz CT molecular complexity index is 773. The molecule has 1 saturated heterocycles. The summed E-state index contributed by atoms with van der Waals surface area (Å²) >= 11 is 1.45. The average molecular weight is 352 g/mol. The van der Waals surface area contributed by atoms with Gasteiger partial charge in [0.05, 0.1) is 5.03 Å². The quantitative estimate of drug-likeness (QED) is 0.775. The second-order valence-corrected chi connectivity index (χ2v) is 8.30. The number of rotatable bonds is 5. The maximum atomic E-state index is 13.1. The van der Waals surface area contributed by atoms with Gasteiger partial charge in [0.1, 0.15) is 10.7 Å². The van der Waals surface area contributed by atoms with Crippen molar-refractivity contribution in [1.82, 2.24) is 9.29 Å². The molecule has 122 valence electrons. The molecule has 3 rings (SSSR count). The molecule has 2 aromatic rings. The van der Waals surface area contributed by atoms with Gasteiger partial charge in [0, 0.05) is 25.0 Å². The molecule has 2 heterocycles. The number of hydrogen-bond donors (Lipinski definition) is 0. The van der Waals surface area contributed by atoms with E-state index in [0.29, 0.717) is 18.8 Å². The van der Waals surface area contributed by atoms with Gasteiger partial charge in [-0.05, 0) is 42.7 Å². The Morgan fingerprint density at radius 1 is 1.17 bits per heavy atom. The number of hydrogen-bond acceptors (Lipinski definition) is 4. The summed E-state index contributed by atoms with van der Waals surface area (Å²) in [6.07, 6.45) is 3.23. The van der Waals surface area contributed by atoms with E-state index in [-0.39, 0.29) is 10.7 Å². The second-order valence-electron chi connectivity index (χ2n) is 5.36. The Balaban J connectivity index is 1.67. The van der Waals surface area contributed by atoms with Gasteiger partial charge in [-0.2, -0.15) is 4.31 Å². The van der Waals surface area contributed by atoms with Crippen LogP contribution in [0.25, 0.3) is 0 Å². The third-order valence-electron chi connectivity index (χ3n) is 3.69. The topological polar surface area (TPSA) is 50.3 Å². The Labute approximate surface area is 139 Å². The second kappa shape index (κ2) is 6.98. The predicted molar refractivity (Wildman–Crippen MR) is 88.2 cm³/mol. The SMILES string of the molecule is O=S(=O)(c1ccc(SCc2cccc(F)c2)nc1)N1CCCC1. The summed E-state index contributed by atoms with van der Waals surface area (Å²) in [6.45, 7) is 1.16. The van der Waals surface area contributed by atoms with E-state index >= 15 is 0 Å². The number of halogens is 1. The van der Waals surface area contributed by atoms with Crippen LogP contribution >= 0.6 is 11.8 Å². The molecule has 0 unspecified atom stereocenters. The molecule has 1 aliphatic heterocycles. The fourth-order valence-corrected chi connectivity index (χ4v) is 4.71. The Morgan fingerprint density at radius 3 is 2.61 bits per heavy atom. The van der Waals surface area contributed by atoms with Crippen LogP contribution in [-0.4, -0.2) is 30.8 Å². The monoisotopic (exact) mass is 352 g/mol. The van der Waals surface area contributed by atoms with E-state index in [1.54, 1.807) is 18.2 Å². The molecule has 1 aromatic heterocycles. The molecule has 0 amide bonds. The zero-order valence-electron chi connectivity index (χ0n) is 12.5. The maximum Gasteiger partial charge on any atom is 0.244 e. The van der Waals surface area contributed by atoms with Crippen molar-refractivity contribution in [2.75, 3.05) is 13.1 Å². The fourth-order valence-electron chi connectivity index (χ4n) is 2.47. The van der Waals surface area contributed by atoms with Gasteiger partial charge in [-0.25, -0.2) is 17.8 Å². The molecular weight excluding hydrogens is 335 g/mol. The van der Waals surface area contributed by atoms with Crippen molar-refractivity contribution < 1.29 is 12.8 Å². The fraction of sp³-hybridized carbons (Fsp3) is 0.312. The van der Waals surface area contributed by atoms with Gasteiger partial charge >= 0.3 is 0 Å². The van der Waals surface area contributed by atoms with Crippen LogP contribution in [0.15, 0.2) is 52.5 Å². The molecule has 1 aliphatic rings. The lowest BCUT2D eigenvalue weighted by atomic mass is 10.2. The van der Waals surface area contributed by atoms with E-state index in [0.717, 1.165) is 23.4 Å². The van der Waals surface area contributed by atoms with Crippen LogP contribution in [0.2, 0.25) is 0 Å². The van der Waals surface area contributed by atoms with Crippen LogP contribution in [0.3, 0.4) is 0 Å². The Hall–Kier alpha value is -1.44. The molecule has 0 saturated carbocycles. The maximum absolute atomic E-state index is 13.1. The lowest BCUT2D eigenvalue weighted by Gasteiger charge is -2.15. The molecule has 0 radical (unpaired) electrons. The van der Waals surface area contributed by atoms with E-state index in [2.05, 4.69) is 4.98 Å². The minimum Gasteiger partial charge on any atom is -0.249 e. The molecule has 7 heteroatoms. The lowest BCUT2D eigenvalue weighted by Crippen LogP contribution is -2.27. The first kappa shape index (κ1) is 16.4. The van der Waals surface area contributed by atoms with Crippen LogP contribution in [0, 0.1) is 5.82 Å². The van der Waals surface area contributed by atoms with Gasteiger partial charge in [-0.15, -0.1) is 11.8 Å². The normalized spacial score (nSPS) is 15.9. The molecule has 0 aliphatic carbocycles. The molecular formula is C16H17FN2O2S2. The van der Waals surface area contributed by atoms with Gasteiger partial charge < -0.3 is 0 Å². The van der Waals surface area contributed by atoms with Crippen LogP contribution in [0.4, 0.5) is 4.39 Å².